The number of aromatic hydroxyl groups is 1. The van der Waals surface area contributed by atoms with Crippen LogP contribution in [0.15, 0.2) is 54.9 Å². The van der Waals surface area contributed by atoms with Crippen LogP contribution in [0, 0.1) is 5.41 Å². The number of phenols is 1. The van der Waals surface area contributed by atoms with Gasteiger partial charge in [0, 0.05) is 41.2 Å². The lowest BCUT2D eigenvalue weighted by atomic mass is 9.78. The first-order chi connectivity index (χ1) is 16.3. The zero-order valence-electron chi connectivity index (χ0n) is 21.7. The van der Waals surface area contributed by atoms with Crippen molar-refractivity contribution in [3.05, 3.63) is 82.7 Å². The average molecular weight is 553 g/mol. The van der Waals surface area contributed by atoms with E-state index in [0.29, 0.717) is 29.4 Å². The van der Waals surface area contributed by atoms with Crippen LogP contribution in [0.4, 0.5) is 0 Å². The number of nitrogens with zero attached hydrogens (tertiary/aromatic N) is 2. The van der Waals surface area contributed by atoms with E-state index >= 15 is 0 Å². The van der Waals surface area contributed by atoms with E-state index < -0.39 is 0 Å². The molecule has 1 aromatic heterocycles. The molecule has 2 N–H and O–H groups in total. The summed E-state index contributed by atoms with van der Waals surface area (Å²) >= 11 is 0. The maximum Gasteiger partial charge on any atom is 0.182 e. The van der Waals surface area contributed by atoms with Crippen molar-refractivity contribution >= 4 is 28.6 Å². The quantitative estimate of drug-likeness (QED) is 0.341. The molecule has 0 spiro atoms. The largest absolute Gasteiger partial charge is 0.507 e. The number of ether oxygens (including phenoxy) is 1. The van der Waals surface area contributed by atoms with Crippen LogP contribution in [0.3, 0.4) is 0 Å². The minimum Gasteiger partial charge on any atom is -0.507 e. The average Bonchev–Trinajstić information content (AvgIpc) is 3.08. The summed E-state index contributed by atoms with van der Waals surface area (Å²) < 4.78 is 5.89. The molecule has 0 aliphatic carbocycles. The number of ketones is 1. The number of aromatic nitrogens is 1. The fourth-order valence-corrected chi connectivity index (χ4v) is 4.31. The standard InChI is InChI=1S/C29H33N3O3.BrH/c1-28(2,3)23-13-19(14-24(26(23)34)29(4,5)6)25(33)17-32-16-18-7-8-21(15-22(18)27(32)30)35-20-9-11-31-12-10-20;/h7-15,30,34H,16-17H2,1-6H3;1H. The first kappa shape index (κ1) is 27.4. The van der Waals surface area contributed by atoms with Gasteiger partial charge in [0.15, 0.2) is 5.78 Å². The third-order valence-corrected chi connectivity index (χ3v) is 6.28. The van der Waals surface area contributed by atoms with E-state index in [1.165, 1.54) is 0 Å². The van der Waals surface area contributed by atoms with Crippen molar-refractivity contribution < 1.29 is 14.6 Å². The maximum atomic E-state index is 13.4. The molecule has 2 aromatic carbocycles. The van der Waals surface area contributed by atoms with Crippen LogP contribution >= 0.6 is 17.0 Å². The summed E-state index contributed by atoms with van der Waals surface area (Å²) in [4.78, 5) is 19.2. The van der Waals surface area contributed by atoms with Gasteiger partial charge in [0.2, 0.25) is 0 Å². The SMILES string of the molecule is Br.CC(C)(C)c1cc(C(=O)CN2Cc3ccc(Oc4ccncc4)cc3C2=N)cc(C(C)(C)C)c1O. The highest BCUT2D eigenvalue weighted by Gasteiger charge is 2.30. The van der Waals surface area contributed by atoms with Crippen molar-refractivity contribution in [1.29, 1.82) is 5.41 Å². The first-order valence-electron chi connectivity index (χ1n) is 11.8. The fourth-order valence-electron chi connectivity index (χ4n) is 4.31. The second-order valence-electron chi connectivity index (χ2n) is 11.2. The molecular weight excluding hydrogens is 518 g/mol. The number of fused-ring (bicyclic) bond motifs is 1. The number of pyridine rings is 1. The van der Waals surface area contributed by atoms with Crippen LogP contribution in [-0.2, 0) is 17.4 Å². The van der Waals surface area contributed by atoms with Crippen LogP contribution in [0.1, 0.15) is 74.2 Å². The lowest BCUT2D eigenvalue weighted by molar-refractivity contribution is 0.0962. The highest BCUT2D eigenvalue weighted by molar-refractivity contribution is 8.93. The number of rotatable bonds is 5. The number of amidine groups is 1. The molecule has 0 saturated heterocycles. The zero-order chi connectivity index (χ0) is 25.5. The van der Waals surface area contributed by atoms with Crippen LogP contribution < -0.4 is 4.74 Å². The van der Waals surface area contributed by atoms with E-state index in [0.717, 1.165) is 22.3 Å². The number of phenolic OH excluding ortho intramolecular Hbond substituents is 1. The van der Waals surface area contributed by atoms with Gasteiger partial charge in [0.25, 0.3) is 0 Å². The Morgan fingerprint density at radius 1 is 0.972 bits per heavy atom. The molecule has 0 radical (unpaired) electrons. The summed E-state index contributed by atoms with van der Waals surface area (Å²) in [6, 6.07) is 12.8. The van der Waals surface area contributed by atoms with Crippen molar-refractivity contribution in [3.8, 4) is 17.2 Å². The minimum atomic E-state index is -0.317. The van der Waals surface area contributed by atoms with Crippen molar-refractivity contribution in [1.82, 2.24) is 9.88 Å². The minimum absolute atomic E-state index is 0. The van der Waals surface area contributed by atoms with Gasteiger partial charge in [-0.25, -0.2) is 0 Å². The van der Waals surface area contributed by atoms with E-state index in [4.69, 9.17) is 10.1 Å². The summed E-state index contributed by atoms with van der Waals surface area (Å²) in [7, 11) is 0. The van der Waals surface area contributed by atoms with Crippen LogP contribution in [0.25, 0.3) is 0 Å². The lowest BCUT2D eigenvalue weighted by Gasteiger charge is -2.28. The smallest absolute Gasteiger partial charge is 0.182 e. The summed E-state index contributed by atoms with van der Waals surface area (Å²) in [6.45, 7) is 12.8. The lowest BCUT2D eigenvalue weighted by Crippen LogP contribution is -2.30. The fraction of sp³-hybridized carbons (Fsp3) is 0.345. The molecule has 36 heavy (non-hydrogen) atoms. The highest BCUT2D eigenvalue weighted by Crippen LogP contribution is 2.40. The molecule has 1 aliphatic heterocycles. The number of carbonyl (C=O) groups excluding carboxylic acids is 1. The number of benzene rings is 2. The second-order valence-corrected chi connectivity index (χ2v) is 11.2. The second kappa shape index (κ2) is 10.1. The molecule has 0 saturated carbocycles. The Kier molecular flexibility index (Phi) is 7.65. The van der Waals surface area contributed by atoms with Gasteiger partial charge in [-0.15, -0.1) is 17.0 Å². The molecule has 0 atom stereocenters. The van der Waals surface area contributed by atoms with Gasteiger partial charge in [0.05, 0.1) is 6.54 Å². The van der Waals surface area contributed by atoms with Gasteiger partial charge < -0.3 is 14.7 Å². The molecule has 1 aliphatic rings. The Morgan fingerprint density at radius 2 is 1.56 bits per heavy atom. The van der Waals surface area contributed by atoms with Crippen LogP contribution in [0.2, 0.25) is 0 Å². The molecule has 190 valence electrons. The first-order valence-corrected chi connectivity index (χ1v) is 11.8. The van der Waals surface area contributed by atoms with Gasteiger partial charge in [-0.3, -0.25) is 15.2 Å². The van der Waals surface area contributed by atoms with Gasteiger partial charge >= 0.3 is 0 Å². The topological polar surface area (TPSA) is 86.5 Å². The summed E-state index contributed by atoms with van der Waals surface area (Å²) in [6.07, 6.45) is 3.33. The summed E-state index contributed by atoms with van der Waals surface area (Å²) in [5, 5.41) is 19.7. The normalized spacial score (nSPS) is 13.3. The van der Waals surface area contributed by atoms with E-state index in [9.17, 15) is 9.90 Å². The van der Waals surface area contributed by atoms with E-state index in [1.807, 2.05) is 59.7 Å². The Morgan fingerprint density at radius 3 is 2.11 bits per heavy atom. The summed E-state index contributed by atoms with van der Waals surface area (Å²) in [5.41, 5.74) is 3.19. The van der Waals surface area contributed by atoms with Gasteiger partial charge in [-0.05, 0) is 52.8 Å². The van der Waals surface area contributed by atoms with E-state index in [2.05, 4.69) is 4.98 Å². The molecule has 7 heteroatoms. The Hall–Kier alpha value is -3.19. The number of hydrogen-bond acceptors (Lipinski definition) is 5. The molecule has 0 amide bonds. The van der Waals surface area contributed by atoms with Gasteiger partial charge in [0.1, 0.15) is 23.1 Å². The van der Waals surface area contributed by atoms with Crippen molar-refractivity contribution in [2.45, 2.75) is 58.9 Å². The number of carbonyl (C=O) groups is 1. The maximum absolute atomic E-state index is 13.4. The summed E-state index contributed by atoms with van der Waals surface area (Å²) in [5.74, 6) is 1.79. The van der Waals surface area contributed by atoms with E-state index in [1.54, 1.807) is 41.6 Å². The number of Topliss-reactive ketones (excluding diaryl/α,β-unsaturated/α-hetero) is 1. The molecule has 3 aromatic rings. The zero-order valence-corrected chi connectivity index (χ0v) is 23.4. The number of nitrogens with one attached hydrogen (secondary N) is 1. The number of halogens is 1. The molecule has 0 unspecified atom stereocenters. The highest BCUT2D eigenvalue weighted by atomic mass is 79.9. The van der Waals surface area contributed by atoms with E-state index in [-0.39, 0.29) is 45.9 Å². The molecule has 0 bridgehead atoms. The molecule has 6 nitrogen and oxygen atoms in total. The number of hydrogen-bond donors (Lipinski definition) is 2. The molecule has 2 heterocycles. The molecular formula is C29H34BrN3O3. The van der Waals surface area contributed by atoms with Gasteiger partial charge in [-0.1, -0.05) is 47.6 Å². The van der Waals surface area contributed by atoms with Crippen molar-refractivity contribution in [2.24, 2.45) is 0 Å². The molecule has 4 rings (SSSR count). The Balaban J connectivity index is 0.00000361. The Labute approximate surface area is 223 Å². The van der Waals surface area contributed by atoms with Crippen molar-refractivity contribution in [3.63, 3.8) is 0 Å². The van der Waals surface area contributed by atoms with Crippen molar-refractivity contribution in [2.75, 3.05) is 6.54 Å². The van der Waals surface area contributed by atoms with Crippen LogP contribution in [-0.4, -0.2) is 33.2 Å². The Bertz CT molecular complexity index is 1260. The molecule has 0 fully saturated rings. The van der Waals surface area contributed by atoms with Gasteiger partial charge in [-0.2, -0.15) is 0 Å². The van der Waals surface area contributed by atoms with Crippen LogP contribution in [0.5, 0.6) is 17.2 Å². The predicted molar refractivity (Wildman–Crippen MR) is 148 cm³/mol. The third kappa shape index (κ3) is 5.62. The predicted octanol–water partition coefficient (Wildman–Crippen LogP) is 6.78. The third-order valence-electron chi connectivity index (χ3n) is 6.28. The monoisotopic (exact) mass is 551 g/mol.